The highest BCUT2D eigenvalue weighted by atomic mass is 35.5. The molecule has 0 unspecified atom stereocenters. The fourth-order valence-electron chi connectivity index (χ4n) is 2.72. The van der Waals surface area contributed by atoms with Crippen LogP contribution in [-0.2, 0) is 13.1 Å². The van der Waals surface area contributed by atoms with Gasteiger partial charge in [0.25, 0.3) is 0 Å². The number of nitrogens with zero attached hydrogens (tertiary/aromatic N) is 2. The van der Waals surface area contributed by atoms with Crippen molar-refractivity contribution in [3.05, 3.63) is 68.7 Å². The number of hydrogen-bond acceptors (Lipinski definition) is 4. The minimum Gasteiger partial charge on any atom is -0.507 e. The zero-order valence-corrected chi connectivity index (χ0v) is 17.5. The third-order valence-corrected chi connectivity index (χ3v) is 4.63. The van der Waals surface area contributed by atoms with E-state index in [1.165, 1.54) is 6.08 Å². The van der Waals surface area contributed by atoms with Crippen LogP contribution < -0.4 is 0 Å². The Labute approximate surface area is 170 Å². The van der Waals surface area contributed by atoms with E-state index in [1.807, 2.05) is 50.1 Å². The summed E-state index contributed by atoms with van der Waals surface area (Å²) in [4.78, 5) is 16.4. The number of phenolic OH excluding ortho intramolecular Hbond substituents is 1. The van der Waals surface area contributed by atoms with Crippen molar-refractivity contribution in [3.8, 4) is 5.75 Å². The van der Waals surface area contributed by atoms with E-state index in [0.29, 0.717) is 34.4 Å². The molecule has 4 nitrogen and oxygen atoms in total. The van der Waals surface area contributed by atoms with E-state index in [4.69, 9.17) is 23.2 Å². The van der Waals surface area contributed by atoms with Crippen molar-refractivity contribution < 1.29 is 9.90 Å². The normalized spacial score (nSPS) is 11.7. The van der Waals surface area contributed by atoms with Gasteiger partial charge in [0.15, 0.2) is 5.78 Å². The third-order valence-electron chi connectivity index (χ3n) is 3.89. The van der Waals surface area contributed by atoms with Crippen LogP contribution in [-0.4, -0.2) is 48.9 Å². The minimum atomic E-state index is -0.162. The third kappa shape index (κ3) is 6.08. The molecule has 0 spiro atoms. The van der Waals surface area contributed by atoms with E-state index in [-0.39, 0.29) is 5.78 Å². The van der Waals surface area contributed by atoms with Crippen LogP contribution in [0.2, 0.25) is 10.0 Å². The van der Waals surface area contributed by atoms with Crippen molar-refractivity contribution in [1.29, 1.82) is 0 Å². The van der Waals surface area contributed by atoms with Crippen LogP contribution in [0.15, 0.2) is 36.4 Å². The fourth-order valence-corrected chi connectivity index (χ4v) is 3.02. The van der Waals surface area contributed by atoms with Crippen molar-refractivity contribution in [2.45, 2.75) is 13.1 Å². The summed E-state index contributed by atoms with van der Waals surface area (Å²) in [5, 5.41) is 11.3. The lowest BCUT2D eigenvalue weighted by Gasteiger charge is -2.17. The summed E-state index contributed by atoms with van der Waals surface area (Å²) in [7, 11) is 7.78. The topological polar surface area (TPSA) is 43.8 Å². The number of ketones is 1. The molecule has 0 heterocycles. The Kier molecular flexibility index (Phi) is 7.45. The molecule has 0 aliphatic rings. The number of rotatable bonds is 7. The molecule has 144 valence electrons. The first kappa shape index (κ1) is 21.5. The Morgan fingerprint density at radius 1 is 0.963 bits per heavy atom. The number of allylic oxidation sites excluding steroid dienone is 1. The van der Waals surface area contributed by atoms with Crippen molar-refractivity contribution in [3.63, 3.8) is 0 Å². The van der Waals surface area contributed by atoms with Gasteiger partial charge in [0.1, 0.15) is 5.75 Å². The van der Waals surface area contributed by atoms with Gasteiger partial charge in [-0.25, -0.2) is 0 Å². The second-order valence-electron chi connectivity index (χ2n) is 6.99. The van der Waals surface area contributed by atoms with Gasteiger partial charge in [-0.1, -0.05) is 29.3 Å². The van der Waals surface area contributed by atoms with Gasteiger partial charge in [-0.3, -0.25) is 4.79 Å². The van der Waals surface area contributed by atoms with Gasteiger partial charge in [0, 0.05) is 29.8 Å². The molecule has 0 saturated carbocycles. The Hall–Kier alpha value is -1.85. The largest absolute Gasteiger partial charge is 0.507 e. The summed E-state index contributed by atoms with van der Waals surface area (Å²) in [5.41, 5.74) is 2.97. The van der Waals surface area contributed by atoms with Gasteiger partial charge < -0.3 is 14.9 Å². The molecule has 0 amide bonds. The average molecular weight is 407 g/mol. The van der Waals surface area contributed by atoms with E-state index in [1.54, 1.807) is 24.3 Å². The highest BCUT2D eigenvalue weighted by Crippen LogP contribution is 2.28. The number of carbonyl (C=O) groups is 1. The fraction of sp³-hybridized carbons (Fsp3) is 0.286. The van der Waals surface area contributed by atoms with Crippen LogP contribution >= 0.6 is 23.2 Å². The molecule has 0 radical (unpaired) electrons. The molecule has 0 bridgehead atoms. The number of phenols is 1. The van der Waals surface area contributed by atoms with Gasteiger partial charge in [0.2, 0.25) is 0 Å². The van der Waals surface area contributed by atoms with Gasteiger partial charge >= 0.3 is 0 Å². The second kappa shape index (κ2) is 9.38. The van der Waals surface area contributed by atoms with Crippen molar-refractivity contribution in [1.82, 2.24) is 9.80 Å². The standard InChI is InChI=1S/C21H24Cl2N2O2/c1-24(2)12-16-9-14(10-17(21(16)27)13-25(3)4)5-8-20(26)15-6-7-18(22)19(23)11-15/h5-11,27H,12-13H2,1-4H3/b8-5+. The zero-order chi connectivity index (χ0) is 20.1. The van der Waals surface area contributed by atoms with E-state index < -0.39 is 0 Å². The Morgan fingerprint density at radius 2 is 1.52 bits per heavy atom. The highest BCUT2D eigenvalue weighted by Gasteiger charge is 2.12. The SMILES string of the molecule is CN(C)Cc1cc(/C=C/C(=O)c2ccc(Cl)c(Cl)c2)cc(CN(C)C)c1O. The monoisotopic (exact) mass is 406 g/mol. The smallest absolute Gasteiger partial charge is 0.185 e. The molecule has 27 heavy (non-hydrogen) atoms. The van der Waals surface area contributed by atoms with Crippen LogP contribution in [0.4, 0.5) is 0 Å². The highest BCUT2D eigenvalue weighted by molar-refractivity contribution is 6.42. The maximum Gasteiger partial charge on any atom is 0.185 e. The first-order chi connectivity index (χ1) is 12.7. The van der Waals surface area contributed by atoms with Crippen LogP contribution in [0.5, 0.6) is 5.75 Å². The predicted octanol–water partition coefficient (Wildman–Crippen LogP) is 4.72. The lowest BCUT2D eigenvalue weighted by molar-refractivity contribution is 0.104. The molecule has 0 aliphatic heterocycles. The number of halogens is 2. The van der Waals surface area contributed by atoms with Gasteiger partial charge in [-0.05, 0) is 70.2 Å². The van der Waals surface area contributed by atoms with Gasteiger partial charge in [-0.15, -0.1) is 0 Å². The zero-order valence-electron chi connectivity index (χ0n) is 16.0. The number of hydrogen-bond donors (Lipinski definition) is 1. The van der Waals surface area contributed by atoms with Crippen LogP contribution in [0, 0.1) is 0 Å². The molecule has 2 aromatic rings. The molecular weight excluding hydrogens is 383 g/mol. The summed E-state index contributed by atoms with van der Waals surface area (Å²) >= 11 is 11.9. The molecular formula is C21H24Cl2N2O2. The number of carbonyl (C=O) groups excluding carboxylic acids is 1. The summed E-state index contributed by atoms with van der Waals surface area (Å²) < 4.78 is 0. The number of benzene rings is 2. The maximum atomic E-state index is 12.4. The van der Waals surface area contributed by atoms with E-state index >= 15 is 0 Å². The Morgan fingerprint density at radius 3 is 2.00 bits per heavy atom. The average Bonchev–Trinajstić information content (AvgIpc) is 2.58. The first-order valence-electron chi connectivity index (χ1n) is 8.49. The Balaban J connectivity index is 2.34. The lowest BCUT2D eigenvalue weighted by Crippen LogP contribution is -2.14. The van der Waals surface area contributed by atoms with Gasteiger partial charge in [-0.2, -0.15) is 0 Å². The van der Waals surface area contributed by atoms with Crippen LogP contribution in [0.3, 0.4) is 0 Å². The minimum absolute atomic E-state index is 0.162. The summed E-state index contributed by atoms with van der Waals surface area (Å²) in [6.45, 7) is 1.21. The van der Waals surface area contributed by atoms with Crippen molar-refractivity contribution >= 4 is 35.1 Å². The van der Waals surface area contributed by atoms with Crippen LogP contribution in [0.25, 0.3) is 6.08 Å². The molecule has 0 saturated heterocycles. The van der Waals surface area contributed by atoms with Crippen molar-refractivity contribution in [2.75, 3.05) is 28.2 Å². The molecule has 0 aliphatic carbocycles. The van der Waals surface area contributed by atoms with E-state index in [9.17, 15) is 9.90 Å². The quantitative estimate of drug-likeness (QED) is 0.533. The van der Waals surface area contributed by atoms with Gasteiger partial charge in [0.05, 0.1) is 10.0 Å². The number of aromatic hydroxyl groups is 1. The maximum absolute atomic E-state index is 12.4. The van der Waals surface area contributed by atoms with Crippen molar-refractivity contribution in [2.24, 2.45) is 0 Å². The second-order valence-corrected chi connectivity index (χ2v) is 7.80. The van der Waals surface area contributed by atoms with Crippen LogP contribution in [0.1, 0.15) is 27.0 Å². The summed E-state index contributed by atoms with van der Waals surface area (Å²) in [6.07, 6.45) is 3.26. The van der Waals surface area contributed by atoms with E-state index in [0.717, 1.165) is 16.7 Å². The lowest BCUT2D eigenvalue weighted by atomic mass is 10.0. The molecule has 1 N–H and O–H groups in total. The van der Waals surface area contributed by atoms with E-state index in [2.05, 4.69) is 0 Å². The summed E-state index contributed by atoms with van der Waals surface area (Å²) in [5.74, 6) is 0.135. The molecule has 2 aromatic carbocycles. The summed E-state index contributed by atoms with van der Waals surface area (Å²) in [6, 6.07) is 8.60. The molecule has 0 aromatic heterocycles. The molecule has 6 heteroatoms. The first-order valence-corrected chi connectivity index (χ1v) is 9.24. The predicted molar refractivity (Wildman–Crippen MR) is 113 cm³/mol. The Bertz CT molecular complexity index is 830. The molecule has 2 rings (SSSR count). The molecule has 0 atom stereocenters. The molecule has 0 fully saturated rings.